The Balaban J connectivity index is 0.00000128. The van der Waals surface area contributed by atoms with E-state index < -0.39 is 0 Å². The predicted molar refractivity (Wildman–Crippen MR) is 67.7 cm³/mol. The van der Waals surface area contributed by atoms with Gasteiger partial charge in [0.2, 0.25) is 5.91 Å². The van der Waals surface area contributed by atoms with Crippen molar-refractivity contribution in [3.05, 3.63) is 0 Å². The maximum absolute atomic E-state index is 12.1. The van der Waals surface area contributed by atoms with Gasteiger partial charge in [-0.1, -0.05) is 20.8 Å². The van der Waals surface area contributed by atoms with Gasteiger partial charge in [0.25, 0.3) is 0 Å². The van der Waals surface area contributed by atoms with E-state index in [1.54, 1.807) is 0 Å². The van der Waals surface area contributed by atoms with Gasteiger partial charge < -0.3 is 10.2 Å². The lowest BCUT2D eigenvalue weighted by Crippen LogP contribution is -2.47. The summed E-state index contributed by atoms with van der Waals surface area (Å²) in [5.74, 6) is 1.83. The molecule has 0 spiro atoms. The Bertz CT molecular complexity index is 262. The van der Waals surface area contributed by atoms with Crippen LogP contribution < -0.4 is 5.32 Å². The molecule has 2 atom stereocenters. The minimum Gasteiger partial charge on any atom is -0.342 e. The predicted octanol–water partition coefficient (Wildman–Crippen LogP) is 1.52. The first-order valence-corrected chi connectivity index (χ1v) is 5.98. The molecule has 2 fully saturated rings. The van der Waals surface area contributed by atoms with Crippen LogP contribution >= 0.6 is 12.4 Å². The highest BCUT2D eigenvalue weighted by molar-refractivity contribution is 5.85. The number of nitrogens with one attached hydrogen (secondary N) is 1. The van der Waals surface area contributed by atoms with Crippen molar-refractivity contribution < 1.29 is 4.79 Å². The second-order valence-electron chi connectivity index (χ2n) is 5.97. The monoisotopic (exact) mass is 246 g/mol. The molecule has 2 rings (SSSR count). The first-order valence-electron chi connectivity index (χ1n) is 5.98. The van der Waals surface area contributed by atoms with Gasteiger partial charge >= 0.3 is 0 Å². The molecule has 0 aromatic carbocycles. The fourth-order valence-corrected chi connectivity index (χ4v) is 2.69. The molecule has 0 saturated carbocycles. The average Bonchev–Trinajstić information content (AvgIpc) is 2.61. The Labute approximate surface area is 104 Å². The number of halogens is 1. The van der Waals surface area contributed by atoms with E-state index >= 15 is 0 Å². The smallest absolute Gasteiger partial charge is 0.227 e. The van der Waals surface area contributed by atoms with Crippen molar-refractivity contribution in [1.82, 2.24) is 10.2 Å². The molecule has 0 radical (unpaired) electrons. The highest BCUT2D eigenvalue weighted by Crippen LogP contribution is 2.29. The highest BCUT2D eigenvalue weighted by atomic mass is 35.5. The lowest BCUT2D eigenvalue weighted by Gasteiger charge is -2.37. The van der Waals surface area contributed by atoms with Gasteiger partial charge in [-0.2, -0.15) is 0 Å². The molecule has 94 valence electrons. The summed E-state index contributed by atoms with van der Waals surface area (Å²) in [5, 5.41) is 3.42. The maximum Gasteiger partial charge on any atom is 0.227 e. The van der Waals surface area contributed by atoms with Gasteiger partial charge in [-0.3, -0.25) is 4.79 Å². The Hall–Kier alpha value is -0.280. The molecule has 0 aliphatic carbocycles. The third-order valence-corrected chi connectivity index (χ3v) is 3.63. The van der Waals surface area contributed by atoms with E-state index in [1.165, 1.54) is 6.42 Å². The largest absolute Gasteiger partial charge is 0.342 e. The molecule has 16 heavy (non-hydrogen) atoms. The van der Waals surface area contributed by atoms with Crippen molar-refractivity contribution in [1.29, 1.82) is 0 Å². The summed E-state index contributed by atoms with van der Waals surface area (Å²) in [7, 11) is 0. The number of carbonyl (C=O) groups is 1. The fraction of sp³-hybridized carbons (Fsp3) is 0.917. The summed E-state index contributed by atoms with van der Waals surface area (Å²) in [6.07, 6.45) is 1.18. The Morgan fingerprint density at radius 1 is 1.25 bits per heavy atom. The first-order chi connectivity index (χ1) is 6.98. The summed E-state index contributed by atoms with van der Waals surface area (Å²) >= 11 is 0. The summed E-state index contributed by atoms with van der Waals surface area (Å²) in [6.45, 7) is 10.2. The van der Waals surface area contributed by atoms with Crippen LogP contribution in [0.1, 0.15) is 27.2 Å². The molecule has 2 aliphatic heterocycles. The van der Waals surface area contributed by atoms with E-state index in [0.29, 0.717) is 11.8 Å². The number of amides is 1. The van der Waals surface area contributed by atoms with Gasteiger partial charge in [0, 0.05) is 18.5 Å². The van der Waals surface area contributed by atoms with Crippen LogP contribution in [-0.2, 0) is 4.79 Å². The van der Waals surface area contributed by atoms with Crippen LogP contribution in [0, 0.1) is 17.3 Å². The van der Waals surface area contributed by atoms with Crippen LogP contribution in [0.15, 0.2) is 0 Å². The molecule has 1 amide bonds. The van der Waals surface area contributed by atoms with E-state index in [9.17, 15) is 4.79 Å². The number of likely N-dealkylation sites (tertiary alicyclic amines) is 1. The van der Waals surface area contributed by atoms with Crippen LogP contribution in [-0.4, -0.2) is 37.0 Å². The molecule has 0 aromatic rings. The molecule has 0 bridgehead atoms. The molecule has 2 aliphatic rings. The van der Waals surface area contributed by atoms with Crippen molar-refractivity contribution >= 4 is 18.3 Å². The number of nitrogens with zero attached hydrogens (tertiary/aromatic N) is 1. The number of hydrogen-bond donors (Lipinski definition) is 1. The van der Waals surface area contributed by atoms with Gasteiger partial charge in [-0.25, -0.2) is 0 Å². The first kappa shape index (κ1) is 13.8. The SMILES string of the molecule is CC(C)(C)C(=O)N1CCC2CNCC2C1.Cl. The van der Waals surface area contributed by atoms with Gasteiger partial charge in [0.15, 0.2) is 0 Å². The Morgan fingerprint density at radius 2 is 1.88 bits per heavy atom. The summed E-state index contributed by atoms with van der Waals surface area (Å²) < 4.78 is 0. The van der Waals surface area contributed by atoms with Crippen molar-refractivity contribution in [3.63, 3.8) is 0 Å². The number of rotatable bonds is 0. The number of hydrogen-bond acceptors (Lipinski definition) is 2. The quantitative estimate of drug-likeness (QED) is 0.703. The second kappa shape index (κ2) is 4.92. The van der Waals surface area contributed by atoms with Gasteiger partial charge in [0.1, 0.15) is 0 Å². The van der Waals surface area contributed by atoms with E-state index in [1.807, 2.05) is 20.8 Å². The van der Waals surface area contributed by atoms with Gasteiger partial charge in [0.05, 0.1) is 0 Å². The van der Waals surface area contributed by atoms with Crippen molar-refractivity contribution in [2.75, 3.05) is 26.2 Å². The number of fused-ring (bicyclic) bond motifs is 1. The van der Waals surface area contributed by atoms with Crippen LogP contribution in [0.4, 0.5) is 0 Å². The number of piperidine rings is 1. The van der Waals surface area contributed by atoms with E-state index in [-0.39, 0.29) is 17.8 Å². The zero-order valence-electron chi connectivity index (χ0n) is 10.5. The third-order valence-electron chi connectivity index (χ3n) is 3.63. The fourth-order valence-electron chi connectivity index (χ4n) is 2.69. The minimum absolute atomic E-state index is 0. The zero-order chi connectivity index (χ0) is 11.1. The van der Waals surface area contributed by atoms with E-state index in [2.05, 4.69) is 10.2 Å². The average molecular weight is 247 g/mol. The molecule has 2 saturated heterocycles. The molecular weight excluding hydrogens is 224 g/mol. The normalized spacial score (nSPS) is 29.6. The van der Waals surface area contributed by atoms with Gasteiger partial charge in [-0.15, -0.1) is 12.4 Å². The minimum atomic E-state index is -0.223. The maximum atomic E-state index is 12.1. The van der Waals surface area contributed by atoms with Gasteiger partial charge in [-0.05, 0) is 31.3 Å². The molecule has 2 unspecified atom stereocenters. The Morgan fingerprint density at radius 3 is 2.50 bits per heavy atom. The molecule has 0 aromatic heterocycles. The van der Waals surface area contributed by atoms with Crippen LogP contribution in [0.25, 0.3) is 0 Å². The molecule has 2 heterocycles. The standard InChI is InChI=1S/C12H22N2O.ClH/c1-12(2,3)11(15)14-5-4-9-6-13-7-10(9)8-14;/h9-10,13H,4-8H2,1-3H3;1H. The topological polar surface area (TPSA) is 32.3 Å². The molecular formula is C12H23ClN2O. The van der Waals surface area contributed by atoms with Crippen LogP contribution in [0.5, 0.6) is 0 Å². The highest BCUT2D eigenvalue weighted by Gasteiger charge is 2.37. The second-order valence-corrected chi connectivity index (χ2v) is 5.97. The summed E-state index contributed by atoms with van der Waals surface area (Å²) in [4.78, 5) is 14.2. The zero-order valence-corrected chi connectivity index (χ0v) is 11.3. The van der Waals surface area contributed by atoms with Crippen molar-refractivity contribution in [2.24, 2.45) is 17.3 Å². The summed E-state index contributed by atoms with van der Waals surface area (Å²) in [5.41, 5.74) is -0.223. The molecule has 3 nitrogen and oxygen atoms in total. The lowest BCUT2D eigenvalue weighted by molar-refractivity contribution is -0.141. The van der Waals surface area contributed by atoms with Crippen molar-refractivity contribution in [3.8, 4) is 0 Å². The molecule has 4 heteroatoms. The number of carbonyl (C=O) groups excluding carboxylic acids is 1. The van der Waals surface area contributed by atoms with Crippen LogP contribution in [0.3, 0.4) is 0 Å². The summed E-state index contributed by atoms with van der Waals surface area (Å²) in [6, 6.07) is 0. The van der Waals surface area contributed by atoms with E-state index in [4.69, 9.17) is 0 Å². The van der Waals surface area contributed by atoms with E-state index in [0.717, 1.165) is 32.1 Å². The van der Waals surface area contributed by atoms with Crippen LogP contribution in [0.2, 0.25) is 0 Å². The third kappa shape index (κ3) is 2.69. The molecule has 1 N–H and O–H groups in total. The van der Waals surface area contributed by atoms with Crippen molar-refractivity contribution in [2.45, 2.75) is 27.2 Å². The lowest BCUT2D eigenvalue weighted by atomic mass is 9.86. The Kier molecular flexibility index (Phi) is 4.24.